The first-order valence-electron chi connectivity index (χ1n) is 5.18. The van der Waals surface area contributed by atoms with Gasteiger partial charge in [-0.3, -0.25) is 9.89 Å². The van der Waals surface area contributed by atoms with Crippen molar-refractivity contribution < 1.29 is 4.79 Å². The van der Waals surface area contributed by atoms with Crippen molar-refractivity contribution in [3.8, 4) is 6.07 Å². The molecule has 1 rings (SSSR count). The molecule has 1 atom stereocenters. The van der Waals surface area contributed by atoms with Crippen molar-refractivity contribution in [1.82, 2.24) is 20.5 Å². The third-order valence-electron chi connectivity index (χ3n) is 2.52. The van der Waals surface area contributed by atoms with Crippen LogP contribution in [0.1, 0.15) is 20.8 Å². The Morgan fingerprint density at radius 1 is 1.76 bits per heavy atom. The number of amides is 1. The van der Waals surface area contributed by atoms with E-state index in [9.17, 15) is 4.79 Å². The molecule has 6 nitrogen and oxygen atoms in total. The van der Waals surface area contributed by atoms with Crippen LogP contribution in [0.15, 0.2) is 11.5 Å². The van der Waals surface area contributed by atoms with Crippen LogP contribution in [0.2, 0.25) is 0 Å². The van der Waals surface area contributed by atoms with E-state index in [1.165, 1.54) is 18.1 Å². The zero-order chi connectivity index (χ0) is 12.9. The summed E-state index contributed by atoms with van der Waals surface area (Å²) in [5, 5.41) is 18.7. The summed E-state index contributed by atoms with van der Waals surface area (Å²) in [6.07, 6.45) is 1.38. The topological polar surface area (TPSA) is 94.5 Å². The Kier molecular flexibility index (Phi) is 4.52. The van der Waals surface area contributed by atoms with Crippen LogP contribution in [-0.2, 0) is 4.79 Å². The van der Waals surface area contributed by atoms with Crippen molar-refractivity contribution in [2.75, 3.05) is 5.75 Å². The van der Waals surface area contributed by atoms with Gasteiger partial charge in [0.1, 0.15) is 11.9 Å². The van der Waals surface area contributed by atoms with Crippen molar-refractivity contribution in [2.45, 2.75) is 31.5 Å². The van der Waals surface area contributed by atoms with Crippen LogP contribution in [0.4, 0.5) is 0 Å². The maximum absolute atomic E-state index is 11.7. The Labute approximate surface area is 104 Å². The van der Waals surface area contributed by atoms with Crippen LogP contribution < -0.4 is 5.32 Å². The largest absolute Gasteiger partial charge is 0.337 e. The van der Waals surface area contributed by atoms with Gasteiger partial charge in [-0.25, -0.2) is 4.98 Å². The molecule has 0 bridgehead atoms. The molecule has 1 heterocycles. The van der Waals surface area contributed by atoms with E-state index < -0.39 is 5.54 Å². The van der Waals surface area contributed by atoms with Gasteiger partial charge in [-0.15, -0.1) is 0 Å². The summed E-state index contributed by atoms with van der Waals surface area (Å²) >= 11 is 1.25. The second-order valence-corrected chi connectivity index (χ2v) is 5.06. The van der Waals surface area contributed by atoms with Crippen molar-refractivity contribution in [1.29, 1.82) is 5.26 Å². The van der Waals surface area contributed by atoms with E-state index in [1.54, 1.807) is 6.92 Å². The zero-order valence-corrected chi connectivity index (χ0v) is 10.8. The summed E-state index contributed by atoms with van der Waals surface area (Å²) < 4.78 is 0. The number of thioether (sulfide) groups is 1. The fourth-order valence-corrected chi connectivity index (χ4v) is 1.60. The van der Waals surface area contributed by atoms with Crippen LogP contribution in [0.5, 0.6) is 0 Å². The Bertz CT molecular complexity index is 411. The highest BCUT2D eigenvalue weighted by molar-refractivity contribution is 7.99. The van der Waals surface area contributed by atoms with Crippen molar-refractivity contribution in [3.63, 3.8) is 0 Å². The normalized spacial score (nSPS) is 14.1. The Morgan fingerprint density at radius 3 is 2.94 bits per heavy atom. The van der Waals surface area contributed by atoms with Crippen LogP contribution in [0.25, 0.3) is 0 Å². The van der Waals surface area contributed by atoms with Crippen LogP contribution in [0, 0.1) is 17.2 Å². The minimum absolute atomic E-state index is 0.0479. The van der Waals surface area contributed by atoms with Gasteiger partial charge in [-0.2, -0.15) is 10.4 Å². The number of H-pyrrole nitrogens is 1. The summed E-state index contributed by atoms with van der Waals surface area (Å²) in [6, 6.07) is 2.12. The van der Waals surface area contributed by atoms with Gasteiger partial charge in [0, 0.05) is 0 Å². The summed E-state index contributed by atoms with van der Waals surface area (Å²) in [5.41, 5.74) is -0.834. The van der Waals surface area contributed by atoms with Gasteiger partial charge in [0.15, 0.2) is 5.16 Å². The fraction of sp³-hybridized carbons (Fsp3) is 0.600. The van der Waals surface area contributed by atoms with E-state index in [-0.39, 0.29) is 17.6 Å². The van der Waals surface area contributed by atoms with Gasteiger partial charge in [0.25, 0.3) is 0 Å². The van der Waals surface area contributed by atoms with Crippen LogP contribution in [0.3, 0.4) is 0 Å². The first kappa shape index (κ1) is 13.5. The van der Waals surface area contributed by atoms with Gasteiger partial charge in [0.2, 0.25) is 5.91 Å². The maximum Gasteiger partial charge on any atom is 0.231 e. The lowest BCUT2D eigenvalue weighted by Gasteiger charge is -2.27. The molecule has 17 heavy (non-hydrogen) atoms. The number of carbonyl (C=O) groups excluding carboxylic acids is 1. The molecule has 0 saturated heterocycles. The third-order valence-corrected chi connectivity index (χ3v) is 3.40. The van der Waals surface area contributed by atoms with Crippen LogP contribution >= 0.6 is 11.8 Å². The minimum Gasteiger partial charge on any atom is -0.337 e. The summed E-state index contributed by atoms with van der Waals surface area (Å²) in [6.45, 7) is 5.51. The molecule has 0 unspecified atom stereocenters. The number of aromatic amines is 1. The van der Waals surface area contributed by atoms with Gasteiger partial charge in [0.05, 0.1) is 11.8 Å². The van der Waals surface area contributed by atoms with Crippen LogP contribution in [-0.4, -0.2) is 32.4 Å². The van der Waals surface area contributed by atoms with Crippen molar-refractivity contribution >= 4 is 17.7 Å². The van der Waals surface area contributed by atoms with Crippen molar-refractivity contribution in [2.24, 2.45) is 5.92 Å². The molecular weight excluding hydrogens is 238 g/mol. The molecule has 0 fully saturated rings. The Balaban J connectivity index is 2.47. The average molecular weight is 253 g/mol. The highest BCUT2D eigenvalue weighted by Gasteiger charge is 2.29. The number of hydrogen-bond acceptors (Lipinski definition) is 5. The molecule has 1 aromatic heterocycles. The predicted octanol–water partition coefficient (Wildman–Crippen LogP) is 0.951. The standard InChI is InChI=1S/C10H15N5OS/c1-7(2)10(3,5-11)14-8(16)4-17-9-12-6-13-15-9/h6-7H,4H2,1-3H3,(H,14,16)(H,12,13,15)/t10-/m0/s1. The van der Waals surface area contributed by atoms with E-state index in [2.05, 4.69) is 26.6 Å². The number of carbonyl (C=O) groups is 1. The maximum atomic E-state index is 11.7. The molecule has 0 spiro atoms. The summed E-state index contributed by atoms with van der Waals surface area (Å²) in [4.78, 5) is 15.6. The number of nitrogens with one attached hydrogen (secondary N) is 2. The summed E-state index contributed by atoms with van der Waals surface area (Å²) in [5.74, 6) is 0.0648. The molecule has 7 heteroatoms. The highest BCUT2D eigenvalue weighted by atomic mass is 32.2. The van der Waals surface area contributed by atoms with Gasteiger partial charge in [-0.1, -0.05) is 25.6 Å². The van der Waals surface area contributed by atoms with E-state index in [4.69, 9.17) is 5.26 Å². The van der Waals surface area contributed by atoms with Crippen molar-refractivity contribution in [3.05, 3.63) is 6.33 Å². The molecular formula is C10H15N5OS. The van der Waals surface area contributed by atoms with E-state index >= 15 is 0 Å². The second-order valence-electron chi connectivity index (χ2n) is 4.10. The lowest BCUT2D eigenvalue weighted by Crippen LogP contribution is -2.49. The number of nitrogens with zero attached hydrogens (tertiary/aromatic N) is 3. The lowest BCUT2D eigenvalue weighted by atomic mass is 9.90. The summed E-state index contributed by atoms with van der Waals surface area (Å²) in [7, 11) is 0. The van der Waals surface area contributed by atoms with E-state index in [0.717, 1.165) is 0 Å². The number of hydrogen-bond donors (Lipinski definition) is 2. The average Bonchev–Trinajstić information content (AvgIpc) is 2.78. The molecule has 0 aromatic carbocycles. The first-order valence-corrected chi connectivity index (χ1v) is 6.17. The smallest absolute Gasteiger partial charge is 0.231 e. The molecule has 0 aliphatic carbocycles. The molecule has 1 amide bonds. The molecule has 0 saturated carbocycles. The highest BCUT2D eigenvalue weighted by Crippen LogP contribution is 2.16. The fourth-order valence-electron chi connectivity index (χ4n) is 1.02. The number of rotatable bonds is 5. The Hall–Kier alpha value is -1.55. The molecule has 0 aliphatic heterocycles. The second kappa shape index (κ2) is 5.68. The third kappa shape index (κ3) is 3.75. The van der Waals surface area contributed by atoms with Gasteiger partial charge in [-0.05, 0) is 12.8 Å². The lowest BCUT2D eigenvalue weighted by molar-refractivity contribution is -0.120. The predicted molar refractivity (Wildman–Crippen MR) is 64.1 cm³/mol. The minimum atomic E-state index is -0.834. The SMILES string of the molecule is CC(C)[C@](C)(C#N)NC(=O)CSc1ncn[nH]1. The number of aromatic nitrogens is 3. The molecule has 92 valence electrons. The first-order chi connectivity index (χ1) is 7.98. The molecule has 0 radical (unpaired) electrons. The van der Waals surface area contributed by atoms with Gasteiger partial charge < -0.3 is 5.32 Å². The Morgan fingerprint density at radius 2 is 2.47 bits per heavy atom. The molecule has 2 N–H and O–H groups in total. The molecule has 0 aliphatic rings. The zero-order valence-electron chi connectivity index (χ0n) is 10.0. The van der Waals surface area contributed by atoms with E-state index in [0.29, 0.717) is 5.16 Å². The van der Waals surface area contributed by atoms with E-state index in [1.807, 2.05) is 13.8 Å². The monoisotopic (exact) mass is 253 g/mol. The number of nitriles is 1. The van der Waals surface area contributed by atoms with Gasteiger partial charge >= 0.3 is 0 Å². The molecule has 1 aromatic rings. The quantitative estimate of drug-likeness (QED) is 0.762.